The molecule has 1 aliphatic carbocycles. The molecule has 0 unspecified atom stereocenters. The zero-order chi connectivity index (χ0) is 17.2. The number of hydrogen-bond acceptors (Lipinski definition) is 2. The van der Waals surface area contributed by atoms with Crippen molar-refractivity contribution in [1.82, 2.24) is 10.3 Å². The number of hydrogen-bond donors (Lipinski definition) is 2. The third-order valence-electron chi connectivity index (χ3n) is 4.61. The number of fused-ring (bicyclic) bond motifs is 1. The first-order valence-corrected chi connectivity index (χ1v) is 9.75. The molecule has 1 aliphatic rings. The van der Waals surface area contributed by atoms with E-state index in [0.717, 1.165) is 33.5 Å². The first-order chi connectivity index (χ1) is 12.2. The van der Waals surface area contributed by atoms with Crippen molar-refractivity contribution in [2.24, 2.45) is 0 Å². The molecule has 25 heavy (non-hydrogen) atoms. The molecule has 3 aromatic rings. The minimum atomic E-state index is -0.0143. The van der Waals surface area contributed by atoms with Gasteiger partial charge in [0.1, 0.15) is 5.69 Å². The summed E-state index contributed by atoms with van der Waals surface area (Å²) in [5, 5.41) is 4.97. The van der Waals surface area contributed by atoms with E-state index in [4.69, 9.17) is 11.6 Å². The summed E-state index contributed by atoms with van der Waals surface area (Å²) in [5.74, 6) is -0.0143. The molecule has 0 atom stereocenters. The van der Waals surface area contributed by atoms with Crippen molar-refractivity contribution in [3.05, 3.63) is 59.2 Å². The molecule has 128 valence electrons. The van der Waals surface area contributed by atoms with Crippen molar-refractivity contribution in [3.8, 4) is 0 Å². The quantitative estimate of drug-likeness (QED) is 0.623. The molecule has 1 fully saturated rings. The fourth-order valence-corrected chi connectivity index (χ4v) is 4.50. The Morgan fingerprint density at radius 2 is 1.80 bits per heavy atom. The van der Waals surface area contributed by atoms with Crippen LogP contribution in [0, 0.1) is 0 Å². The molecule has 4 rings (SSSR count). The van der Waals surface area contributed by atoms with Gasteiger partial charge in [0.2, 0.25) is 0 Å². The Morgan fingerprint density at radius 1 is 1.08 bits per heavy atom. The van der Waals surface area contributed by atoms with E-state index < -0.39 is 0 Å². The lowest BCUT2D eigenvalue weighted by Crippen LogP contribution is -2.33. The van der Waals surface area contributed by atoms with Crippen molar-refractivity contribution in [2.75, 3.05) is 0 Å². The molecule has 1 amide bonds. The van der Waals surface area contributed by atoms with Gasteiger partial charge in [0, 0.05) is 26.9 Å². The summed E-state index contributed by atoms with van der Waals surface area (Å²) >= 11 is 7.58. The molecular weight excluding hydrogens is 352 g/mol. The minimum Gasteiger partial charge on any atom is -0.350 e. The van der Waals surface area contributed by atoms with E-state index in [1.54, 1.807) is 11.8 Å². The average molecular weight is 371 g/mol. The first kappa shape index (κ1) is 16.6. The largest absolute Gasteiger partial charge is 0.350 e. The summed E-state index contributed by atoms with van der Waals surface area (Å²) in [4.78, 5) is 18.2. The Morgan fingerprint density at radius 3 is 2.56 bits per heavy atom. The van der Waals surface area contributed by atoms with Crippen LogP contribution in [0.5, 0.6) is 0 Å². The molecule has 0 bridgehead atoms. The maximum atomic E-state index is 12.9. The fraction of sp³-hybridized carbons (Fsp3) is 0.250. The van der Waals surface area contributed by atoms with Crippen LogP contribution >= 0.6 is 23.4 Å². The Hall–Kier alpha value is -1.91. The zero-order valence-corrected chi connectivity index (χ0v) is 15.3. The van der Waals surface area contributed by atoms with E-state index in [9.17, 15) is 4.79 Å². The summed E-state index contributed by atoms with van der Waals surface area (Å²) < 4.78 is 0. The number of halogens is 1. The van der Waals surface area contributed by atoms with Gasteiger partial charge in [-0.2, -0.15) is 0 Å². The number of H-pyrrole nitrogens is 1. The van der Waals surface area contributed by atoms with Gasteiger partial charge < -0.3 is 10.3 Å². The molecule has 0 radical (unpaired) electrons. The van der Waals surface area contributed by atoms with Crippen LogP contribution in [0.3, 0.4) is 0 Å². The van der Waals surface area contributed by atoms with Crippen molar-refractivity contribution >= 4 is 40.2 Å². The summed E-state index contributed by atoms with van der Waals surface area (Å²) in [7, 11) is 0. The number of aromatic nitrogens is 1. The molecule has 1 saturated carbocycles. The number of para-hydroxylation sites is 1. The smallest absolute Gasteiger partial charge is 0.269 e. The van der Waals surface area contributed by atoms with Crippen LogP contribution < -0.4 is 5.32 Å². The van der Waals surface area contributed by atoms with E-state index in [-0.39, 0.29) is 5.91 Å². The van der Waals surface area contributed by atoms with Crippen LogP contribution in [0.25, 0.3) is 10.9 Å². The molecule has 3 nitrogen and oxygen atoms in total. The minimum absolute atomic E-state index is 0.0143. The molecule has 5 heteroatoms. The number of nitrogens with one attached hydrogen (secondary N) is 2. The lowest BCUT2D eigenvalue weighted by molar-refractivity contribution is 0.0930. The highest BCUT2D eigenvalue weighted by Crippen LogP contribution is 2.37. The predicted octanol–water partition coefficient (Wildman–Crippen LogP) is 5.64. The second kappa shape index (κ2) is 7.14. The average Bonchev–Trinajstić information content (AvgIpc) is 3.25. The van der Waals surface area contributed by atoms with Gasteiger partial charge in [-0.3, -0.25) is 4.79 Å². The first-order valence-electron chi connectivity index (χ1n) is 8.56. The summed E-state index contributed by atoms with van der Waals surface area (Å²) in [5.41, 5.74) is 1.63. The van der Waals surface area contributed by atoms with Crippen molar-refractivity contribution in [2.45, 2.75) is 41.5 Å². The highest BCUT2D eigenvalue weighted by molar-refractivity contribution is 7.99. The van der Waals surface area contributed by atoms with E-state index in [0.29, 0.717) is 16.8 Å². The standard InChI is InChI=1S/C20H19ClN2OS/c21-13-9-11-15(12-10-13)25-19-16-7-3-4-8-17(16)23-18(19)20(24)22-14-5-1-2-6-14/h3-4,7-12,14,23H,1-2,5-6H2,(H,22,24). The van der Waals surface area contributed by atoms with E-state index in [2.05, 4.69) is 16.4 Å². The highest BCUT2D eigenvalue weighted by atomic mass is 35.5. The highest BCUT2D eigenvalue weighted by Gasteiger charge is 2.23. The number of carbonyl (C=O) groups excluding carboxylic acids is 1. The summed E-state index contributed by atoms with van der Waals surface area (Å²) in [6.45, 7) is 0. The SMILES string of the molecule is O=C(NC1CCCC1)c1[nH]c2ccccc2c1Sc1ccc(Cl)cc1. The van der Waals surface area contributed by atoms with Crippen molar-refractivity contribution in [1.29, 1.82) is 0 Å². The normalized spacial score (nSPS) is 14.9. The van der Waals surface area contributed by atoms with E-state index in [1.165, 1.54) is 12.8 Å². The van der Waals surface area contributed by atoms with Gasteiger partial charge in [-0.15, -0.1) is 0 Å². The summed E-state index contributed by atoms with van der Waals surface area (Å²) in [6.07, 6.45) is 4.55. The molecular formula is C20H19ClN2OS. The molecule has 1 aromatic heterocycles. The number of rotatable bonds is 4. The molecule has 0 aliphatic heterocycles. The topological polar surface area (TPSA) is 44.9 Å². The second-order valence-electron chi connectivity index (χ2n) is 6.39. The fourth-order valence-electron chi connectivity index (χ4n) is 3.33. The van der Waals surface area contributed by atoms with Crippen LogP contribution in [0.15, 0.2) is 58.3 Å². The van der Waals surface area contributed by atoms with E-state index in [1.807, 2.05) is 42.5 Å². The number of amides is 1. The van der Waals surface area contributed by atoms with Gasteiger partial charge in [-0.25, -0.2) is 0 Å². The zero-order valence-electron chi connectivity index (χ0n) is 13.7. The van der Waals surface area contributed by atoms with Crippen molar-refractivity contribution in [3.63, 3.8) is 0 Å². The molecule has 1 heterocycles. The lowest BCUT2D eigenvalue weighted by atomic mass is 10.2. The van der Waals surface area contributed by atoms with Gasteiger partial charge in [0.05, 0.1) is 4.90 Å². The number of carbonyl (C=O) groups is 1. The van der Waals surface area contributed by atoms with Crippen molar-refractivity contribution < 1.29 is 4.79 Å². The Labute approximate surface area is 156 Å². The monoisotopic (exact) mass is 370 g/mol. The van der Waals surface area contributed by atoms with Crippen LogP contribution in [-0.4, -0.2) is 16.9 Å². The Bertz CT molecular complexity index is 898. The number of aromatic amines is 1. The summed E-state index contributed by atoms with van der Waals surface area (Å²) in [6, 6.07) is 16.0. The van der Waals surface area contributed by atoms with Crippen LogP contribution in [0.2, 0.25) is 5.02 Å². The Kier molecular flexibility index (Phi) is 4.73. The maximum absolute atomic E-state index is 12.9. The van der Waals surface area contributed by atoms with Crippen LogP contribution in [-0.2, 0) is 0 Å². The van der Waals surface area contributed by atoms with E-state index >= 15 is 0 Å². The number of benzene rings is 2. The van der Waals surface area contributed by atoms with Crippen LogP contribution in [0.4, 0.5) is 0 Å². The molecule has 0 spiro atoms. The molecule has 0 saturated heterocycles. The second-order valence-corrected chi connectivity index (χ2v) is 7.91. The lowest BCUT2D eigenvalue weighted by Gasteiger charge is -2.12. The third kappa shape index (κ3) is 3.55. The third-order valence-corrected chi connectivity index (χ3v) is 6.00. The molecule has 2 N–H and O–H groups in total. The van der Waals surface area contributed by atoms with Gasteiger partial charge in [0.25, 0.3) is 5.91 Å². The van der Waals surface area contributed by atoms with Gasteiger partial charge in [-0.05, 0) is 43.2 Å². The maximum Gasteiger partial charge on any atom is 0.269 e. The van der Waals surface area contributed by atoms with Gasteiger partial charge in [0.15, 0.2) is 0 Å². The van der Waals surface area contributed by atoms with Gasteiger partial charge in [-0.1, -0.05) is 54.4 Å². The molecule has 2 aromatic carbocycles. The Balaban J connectivity index is 1.69. The predicted molar refractivity (Wildman–Crippen MR) is 104 cm³/mol. The van der Waals surface area contributed by atoms with Gasteiger partial charge >= 0.3 is 0 Å². The van der Waals surface area contributed by atoms with Crippen LogP contribution in [0.1, 0.15) is 36.2 Å².